The minimum Gasteiger partial charge on any atom is -0.444 e. The zero-order valence-corrected chi connectivity index (χ0v) is 17.3. The number of pyridine rings is 1. The summed E-state index contributed by atoms with van der Waals surface area (Å²) in [4.78, 5) is 16.3. The number of hydrogen-bond acceptors (Lipinski definition) is 5. The highest BCUT2D eigenvalue weighted by Gasteiger charge is 2.23. The van der Waals surface area contributed by atoms with Crippen molar-refractivity contribution >= 4 is 48.8 Å². The minimum atomic E-state index is -3.82. The van der Waals surface area contributed by atoms with Crippen LogP contribution in [0.2, 0.25) is 0 Å². The van der Waals surface area contributed by atoms with Gasteiger partial charge in [0.25, 0.3) is 10.0 Å². The van der Waals surface area contributed by atoms with Crippen molar-refractivity contribution in [2.24, 2.45) is 0 Å². The lowest BCUT2D eigenvalue weighted by molar-refractivity contribution is 0.0636. The third-order valence-electron chi connectivity index (χ3n) is 3.48. The van der Waals surface area contributed by atoms with Gasteiger partial charge in [0, 0.05) is 5.39 Å². The molecule has 0 saturated heterocycles. The predicted molar refractivity (Wildman–Crippen MR) is 106 cm³/mol. The van der Waals surface area contributed by atoms with Gasteiger partial charge in [0.1, 0.15) is 10.2 Å². The van der Waals surface area contributed by atoms with Crippen LogP contribution in [0.5, 0.6) is 0 Å². The van der Waals surface area contributed by atoms with Crippen molar-refractivity contribution < 1.29 is 17.9 Å². The van der Waals surface area contributed by atoms with Crippen LogP contribution in [0.4, 0.5) is 10.5 Å². The number of carbonyl (C=O) groups excluding carboxylic acids is 1. The lowest BCUT2D eigenvalue weighted by Gasteiger charge is -2.19. The summed E-state index contributed by atoms with van der Waals surface area (Å²) in [6, 6.07) is 11.4. The molecule has 2 heterocycles. The normalized spacial score (nSPS) is 12.1. The number of amides is 1. The van der Waals surface area contributed by atoms with E-state index in [1.54, 1.807) is 51.1 Å². The second kappa shape index (κ2) is 6.97. The molecule has 0 aliphatic rings. The standard InChI is InChI=1S/C18H18BrN3O4S/c1-18(2,3)26-17(23)21-13-9-12-10-15(19)22(16(12)20-11-13)27(24,25)14-7-5-4-6-8-14/h4-11H,1-3H3,(H,21,23). The maximum absolute atomic E-state index is 13.0. The van der Waals surface area contributed by atoms with Crippen molar-refractivity contribution in [2.75, 3.05) is 5.32 Å². The van der Waals surface area contributed by atoms with Gasteiger partial charge in [-0.05, 0) is 61.0 Å². The molecule has 9 heteroatoms. The summed E-state index contributed by atoms with van der Waals surface area (Å²) in [5.41, 5.74) is 0.0246. The summed E-state index contributed by atoms with van der Waals surface area (Å²) in [6.07, 6.45) is 0.773. The number of benzene rings is 1. The Balaban J connectivity index is 1.99. The van der Waals surface area contributed by atoms with Crippen LogP contribution >= 0.6 is 15.9 Å². The van der Waals surface area contributed by atoms with E-state index in [2.05, 4.69) is 26.2 Å². The zero-order valence-electron chi connectivity index (χ0n) is 14.9. The van der Waals surface area contributed by atoms with Gasteiger partial charge in [0.2, 0.25) is 0 Å². The third-order valence-corrected chi connectivity index (χ3v) is 6.02. The van der Waals surface area contributed by atoms with Crippen molar-refractivity contribution in [3.05, 3.63) is 53.3 Å². The maximum Gasteiger partial charge on any atom is 0.412 e. The number of fused-ring (bicyclic) bond motifs is 1. The van der Waals surface area contributed by atoms with E-state index in [0.717, 1.165) is 3.97 Å². The van der Waals surface area contributed by atoms with Gasteiger partial charge >= 0.3 is 6.09 Å². The Bertz CT molecular complexity index is 1100. The Morgan fingerprint density at radius 2 is 1.85 bits per heavy atom. The number of nitrogens with zero attached hydrogens (tertiary/aromatic N) is 2. The number of halogens is 1. The van der Waals surface area contributed by atoms with E-state index < -0.39 is 21.7 Å². The molecular weight excluding hydrogens is 434 g/mol. The first-order valence-electron chi connectivity index (χ1n) is 8.05. The van der Waals surface area contributed by atoms with Gasteiger partial charge < -0.3 is 4.74 Å². The van der Waals surface area contributed by atoms with Crippen LogP contribution < -0.4 is 5.32 Å². The number of nitrogens with one attached hydrogen (secondary N) is 1. The van der Waals surface area contributed by atoms with Gasteiger partial charge in [-0.25, -0.2) is 22.2 Å². The van der Waals surface area contributed by atoms with Crippen LogP contribution in [0.3, 0.4) is 0 Å². The molecular formula is C18H18BrN3O4S. The summed E-state index contributed by atoms with van der Waals surface area (Å²) < 4.78 is 32.6. The Morgan fingerprint density at radius 1 is 1.19 bits per heavy atom. The highest BCUT2D eigenvalue weighted by molar-refractivity contribution is 9.10. The summed E-state index contributed by atoms with van der Waals surface area (Å²) in [6.45, 7) is 5.29. The lowest BCUT2D eigenvalue weighted by Crippen LogP contribution is -2.27. The van der Waals surface area contributed by atoms with E-state index in [4.69, 9.17) is 4.74 Å². The molecule has 142 valence electrons. The zero-order chi connectivity index (χ0) is 19.8. The van der Waals surface area contributed by atoms with E-state index in [0.29, 0.717) is 15.7 Å². The van der Waals surface area contributed by atoms with Crippen LogP contribution in [0, 0.1) is 0 Å². The number of rotatable bonds is 3. The first-order chi connectivity index (χ1) is 12.6. The maximum atomic E-state index is 13.0. The first kappa shape index (κ1) is 19.4. The average molecular weight is 452 g/mol. The molecule has 0 saturated carbocycles. The minimum absolute atomic E-state index is 0.154. The van der Waals surface area contributed by atoms with Crippen LogP contribution in [0.15, 0.2) is 58.2 Å². The molecule has 0 spiro atoms. The van der Waals surface area contributed by atoms with E-state index in [9.17, 15) is 13.2 Å². The molecule has 0 atom stereocenters. The fourth-order valence-electron chi connectivity index (χ4n) is 2.45. The van der Waals surface area contributed by atoms with Crippen molar-refractivity contribution in [2.45, 2.75) is 31.3 Å². The molecule has 3 rings (SSSR count). The Morgan fingerprint density at radius 3 is 2.48 bits per heavy atom. The fourth-order valence-corrected chi connectivity index (χ4v) is 4.82. The molecule has 27 heavy (non-hydrogen) atoms. The number of ether oxygens (including phenoxy) is 1. The highest BCUT2D eigenvalue weighted by Crippen LogP contribution is 2.29. The second-order valence-electron chi connectivity index (χ2n) is 6.81. The number of aromatic nitrogens is 2. The molecule has 0 bridgehead atoms. The molecule has 0 aliphatic carbocycles. The molecule has 3 aromatic rings. The van der Waals surface area contributed by atoms with E-state index in [-0.39, 0.29) is 10.5 Å². The summed E-state index contributed by atoms with van der Waals surface area (Å²) in [5, 5.41) is 3.14. The van der Waals surface area contributed by atoms with Crippen molar-refractivity contribution in [1.82, 2.24) is 8.96 Å². The molecule has 0 unspecified atom stereocenters. The summed E-state index contributed by atoms with van der Waals surface area (Å²) in [5.74, 6) is 0. The highest BCUT2D eigenvalue weighted by atomic mass is 79.9. The summed E-state index contributed by atoms with van der Waals surface area (Å²) >= 11 is 3.29. The molecule has 0 fully saturated rings. The molecule has 0 aliphatic heterocycles. The number of anilines is 1. The second-order valence-corrected chi connectivity index (χ2v) is 9.41. The van der Waals surface area contributed by atoms with Gasteiger partial charge in [-0.1, -0.05) is 18.2 Å². The smallest absolute Gasteiger partial charge is 0.412 e. The van der Waals surface area contributed by atoms with E-state index >= 15 is 0 Å². The first-order valence-corrected chi connectivity index (χ1v) is 10.3. The fraction of sp³-hybridized carbons (Fsp3) is 0.222. The van der Waals surface area contributed by atoms with Crippen LogP contribution in [0.1, 0.15) is 20.8 Å². The van der Waals surface area contributed by atoms with Gasteiger partial charge in [0.15, 0.2) is 5.65 Å². The SMILES string of the molecule is CC(C)(C)OC(=O)Nc1cnc2c(c1)cc(Br)n2S(=O)(=O)c1ccccc1. The lowest BCUT2D eigenvalue weighted by atomic mass is 10.2. The molecule has 1 amide bonds. The molecule has 1 aromatic carbocycles. The van der Waals surface area contributed by atoms with Crippen LogP contribution in [-0.2, 0) is 14.8 Å². The van der Waals surface area contributed by atoms with Crippen molar-refractivity contribution in [3.63, 3.8) is 0 Å². The van der Waals surface area contributed by atoms with Gasteiger partial charge in [-0.3, -0.25) is 5.32 Å². The van der Waals surface area contributed by atoms with Crippen molar-refractivity contribution in [1.29, 1.82) is 0 Å². The molecule has 1 N–H and O–H groups in total. The Kier molecular flexibility index (Phi) is 5.00. The average Bonchev–Trinajstić information content (AvgIpc) is 2.89. The monoisotopic (exact) mass is 451 g/mol. The molecule has 7 nitrogen and oxygen atoms in total. The molecule has 2 aromatic heterocycles. The Hall–Kier alpha value is -2.39. The quantitative estimate of drug-likeness (QED) is 0.637. The largest absolute Gasteiger partial charge is 0.444 e. The van der Waals surface area contributed by atoms with Gasteiger partial charge in [-0.2, -0.15) is 0 Å². The predicted octanol–water partition coefficient (Wildman–Crippen LogP) is 4.38. The number of carbonyl (C=O) groups is 1. The Labute approximate surface area is 165 Å². The van der Waals surface area contributed by atoms with Gasteiger partial charge in [0.05, 0.1) is 16.8 Å². The summed E-state index contributed by atoms with van der Waals surface area (Å²) in [7, 11) is -3.82. The molecule has 0 radical (unpaired) electrons. The van der Waals surface area contributed by atoms with Crippen LogP contribution in [-0.4, -0.2) is 29.1 Å². The van der Waals surface area contributed by atoms with Crippen LogP contribution in [0.25, 0.3) is 11.0 Å². The van der Waals surface area contributed by atoms with E-state index in [1.807, 2.05) is 0 Å². The topological polar surface area (TPSA) is 90.3 Å². The van der Waals surface area contributed by atoms with Gasteiger partial charge in [-0.15, -0.1) is 0 Å². The van der Waals surface area contributed by atoms with E-state index in [1.165, 1.54) is 18.3 Å². The number of hydrogen-bond donors (Lipinski definition) is 1. The van der Waals surface area contributed by atoms with Crippen molar-refractivity contribution in [3.8, 4) is 0 Å². The third kappa shape index (κ3) is 4.14.